The number of hydrogen-bond acceptors (Lipinski definition) is 6. The molecule has 3 atom stereocenters. The topological polar surface area (TPSA) is 72.3 Å². The van der Waals surface area contributed by atoms with Gasteiger partial charge in [0.1, 0.15) is 16.5 Å². The van der Waals surface area contributed by atoms with Crippen LogP contribution < -0.4 is 5.73 Å². The number of hydrogen-bond donors (Lipinski definition) is 1. The largest absolute Gasteiger partial charge is 0.383 e. The van der Waals surface area contributed by atoms with Gasteiger partial charge in [0.15, 0.2) is 0 Å². The third-order valence-electron chi connectivity index (χ3n) is 8.06. The molecule has 1 saturated heterocycles. The Labute approximate surface area is 206 Å². The standard InChI is InChI=1S/C25H35ClN6S/c1-4-33-24(28-3)20-14-32(23-21(20)22(27)29-25(26)30-23)18-11-15(2)19(12-18)17-7-9-31(10-8-17)13-16-5-6-16/h4,14-19H,1,5-13H2,2-3H3,(H2,27,29,30). The molecule has 6 nitrogen and oxygen atoms in total. The highest BCUT2D eigenvalue weighted by molar-refractivity contribution is 8.16. The Balaban J connectivity index is 1.39. The molecule has 2 aromatic heterocycles. The van der Waals surface area contributed by atoms with Crippen LogP contribution in [0.15, 0.2) is 23.2 Å². The number of piperidine rings is 1. The van der Waals surface area contributed by atoms with Gasteiger partial charge in [0, 0.05) is 31.4 Å². The predicted molar refractivity (Wildman–Crippen MR) is 140 cm³/mol. The lowest BCUT2D eigenvalue weighted by Gasteiger charge is -2.36. The van der Waals surface area contributed by atoms with Crippen LogP contribution in [0.1, 0.15) is 57.1 Å². The van der Waals surface area contributed by atoms with E-state index in [1.807, 2.05) is 0 Å². The summed E-state index contributed by atoms with van der Waals surface area (Å²) in [6, 6.07) is 0.392. The first kappa shape index (κ1) is 23.2. The number of aromatic nitrogens is 3. The molecule has 2 N–H and O–H groups in total. The third kappa shape index (κ3) is 4.69. The first-order chi connectivity index (χ1) is 16.0. The van der Waals surface area contributed by atoms with Crippen LogP contribution in [0.3, 0.4) is 0 Å². The Morgan fingerprint density at radius 1 is 1.27 bits per heavy atom. The summed E-state index contributed by atoms with van der Waals surface area (Å²) in [6.07, 6.45) is 10.1. The smallest absolute Gasteiger partial charge is 0.226 e. The molecule has 0 spiro atoms. The Bertz CT molecular complexity index is 1050. The minimum atomic E-state index is 0.197. The summed E-state index contributed by atoms with van der Waals surface area (Å²) in [6.45, 7) is 10.2. The second-order valence-corrected chi connectivity index (χ2v) is 11.5. The van der Waals surface area contributed by atoms with E-state index in [2.05, 4.69) is 44.1 Å². The molecule has 3 unspecified atom stereocenters. The number of nitrogen functional groups attached to an aromatic ring is 1. The van der Waals surface area contributed by atoms with Gasteiger partial charge in [0.05, 0.1) is 5.39 Å². The summed E-state index contributed by atoms with van der Waals surface area (Å²) in [5, 5.41) is 3.71. The van der Waals surface area contributed by atoms with Crippen molar-refractivity contribution in [2.75, 3.05) is 32.4 Å². The van der Waals surface area contributed by atoms with Crippen LogP contribution in [0.4, 0.5) is 5.82 Å². The average molecular weight is 487 g/mol. The number of thioether (sulfide) groups is 1. The van der Waals surface area contributed by atoms with Crippen molar-refractivity contribution in [2.24, 2.45) is 28.7 Å². The van der Waals surface area contributed by atoms with Gasteiger partial charge in [-0.15, -0.1) is 0 Å². The highest BCUT2D eigenvalue weighted by Gasteiger charge is 2.39. The van der Waals surface area contributed by atoms with E-state index in [1.165, 1.54) is 63.5 Å². The second-order valence-electron chi connectivity index (χ2n) is 10.2. The Kier molecular flexibility index (Phi) is 6.74. The Morgan fingerprint density at radius 2 is 2.03 bits per heavy atom. The van der Waals surface area contributed by atoms with Crippen LogP contribution in [0, 0.1) is 23.7 Å². The lowest BCUT2D eigenvalue weighted by Crippen LogP contribution is -2.37. The third-order valence-corrected chi connectivity index (χ3v) is 9.03. The van der Waals surface area contributed by atoms with Gasteiger partial charge in [0.2, 0.25) is 5.28 Å². The molecular formula is C25H35ClN6S. The Hall–Kier alpha value is -1.57. The van der Waals surface area contributed by atoms with Crippen molar-refractivity contribution in [3.8, 4) is 0 Å². The van der Waals surface area contributed by atoms with Gasteiger partial charge in [-0.05, 0) is 92.3 Å². The highest BCUT2D eigenvalue weighted by Crippen LogP contribution is 2.47. The Morgan fingerprint density at radius 3 is 2.70 bits per heavy atom. The molecule has 0 amide bonds. The predicted octanol–water partition coefficient (Wildman–Crippen LogP) is 5.63. The van der Waals surface area contributed by atoms with Crippen molar-refractivity contribution >= 4 is 45.3 Å². The SMILES string of the molecule is C=CSC(=NC)c1cn(C2CC(C)C(C3CCN(CC4CC4)CC3)C2)c2nc(Cl)nc(N)c12. The van der Waals surface area contributed by atoms with Gasteiger partial charge in [-0.3, -0.25) is 4.99 Å². The molecule has 8 heteroatoms. The molecule has 2 aromatic rings. The maximum absolute atomic E-state index is 6.34. The summed E-state index contributed by atoms with van der Waals surface area (Å²) in [7, 11) is 1.80. The molecule has 1 aliphatic heterocycles. The summed E-state index contributed by atoms with van der Waals surface area (Å²) < 4.78 is 2.31. The summed E-state index contributed by atoms with van der Waals surface area (Å²) in [5.74, 6) is 3.69. The monoisotopic (exact) mass is 486 g/mol. The number of halogens is 1. The maximum atomic E-state index is 6.34. The lowest BCUT2D eigenvalue weighted by atomic mass is 9.79. The van der Waals surface area contributed by atoms with Gasteiger partial charge in [-0.25, -0.2) is 4.98 Å². The summed E-state index contributed by atoms with van der Waals surface area (Å²) >= 11 is 7.75. The minimum Gasteiger partial charge on any atom is -0.383 e. The van der Waals surface area contributed by atoms with E-state index in [1.54, 1.807) is 12.5 Å². The normalized spacial score (nSPS) is 27.5. The van der Waals surface area contributed by atoms with Crippen molar-refractivity contribution in [1.29, 1.82) is 0 Å². The lowest BCUT2D eigenvalue weighted by molar-refractivity contribution is 0.128. The van der Waals surface area contributed by atoms with E-state index in [4.69, 9.17) is 17.3 Å². The quantitative estimate of drug-likeness (QED) is 0.325. The fraction of sp³-hybridized carbons (Fsp3) is 0.640. The highest BCUT2D eigenvalue weighted by atomic mass is 35.5. The van der Waals surface area contributed by atoms with Gasteiger partial charge >= 0.3 is 0 Å². The van der Waals surface area contributed by atoms with Crippen molar-refractivity contribution in [3.63, 3.8) is 0 Å². The van der Waals surface area contributed by atoms with E-state index in [-0.39, 0.29) is 5.28 Å². The number of likely N-dealkylation sites (tertiary alicyclic amines) is 1. The van der Waals surface area contributed by atoms with Crippen molar-refractivity contribution < 1.29 is 0 Å². The molecule has 178 valence electrons. The molecule has 33 heavy (non-hydrogen) atoms. The molecule has 0 aromatic carbocycles. The molecule has 0 radical (unpaired) electrons. The number of fused-ring (bicyclic) bond motifs is 1. The van der Waals surface area contributed by atoms with E-state index < -0.39 is 0 Å². The number of aliphatic imine (C=N–C) groups is 1. The minimum absolute atomic E-state index is 0.197. The van der Waals surface area contributed by atoms with Crippen LogP contribution in [0.2, 0.25) is 5.28 Å². The zero-order valence-electron chi connectivity index (χ0n) is 19.7. The van der Waals surface area contributed by atoms with Crippen molar-refractivity contribution in [1.82, 2.24) is 19.4 Å². The zero-order valence-corrected chi connectivity index (χ0v) is 21.3. The maximum Gasteiger partial charge on any atom is 0.226 e. The van der Waals surface area contributed by atoms with Crippen LogP contribution in [0.5, 0.6) is 0 Å². The molecule has 3 heterocycles. The summed E-state index contributed by atoms with van der Waals surface area (Å²) in [4.78, 5) is 16.1. The fourth-order valence-electron chi connectivity index (χ4n) is 6.26. The second kappa shape index (κ2) is 9.59. The first-order valence-electron chi connectivity index (χ1n) is 12.3. The fourth-order valence-corrected chi connectivity index (χ4v) is 6.98. The van der Waals surface area contributed by atoms with Crippen LogP contribution in [-0.2, 0) is 0 Å². The van der Waals surface area contributed by atoms with Crippen LogP contribution >= 0.6 is 23.4 Å². The molecular weight excluding hydrogens is 452 g/mol. The van der Waals surface area contributed by atoms with E-state index in [9.17, 15) is 0 Å². The van der Waals surface area contributed by atoms with E-state index in [0.29, 0.717) is 17.8 Å². The van der Waals surface area contributed by atoms with Gasteiger partial charge < -0.3 is 15.2 Å². The van der Waals surface area contributed by atoms with Gasteiger partial charge in [-0.1, -0.05) is 25.3 Å². The summed E-state index contributed by atoms with van der Waals surface area (Å²) in [5.41, 5.74) is 8.13. The van der Waals surface area contributed by atoms with Crippen molar-refractivity contribution in [2.45, 2.75) is 51.5 Å². The molecule has 2 saturated carbocycles. The molecule has 0 bridgehead atoms. The number of rotatable bonds is 6. The zero-order chi connectivity index (χ0) is 23.1. The molecule has 3 fully saturated rings. The van der Waals surface area contributed by atoms with Gasteiger partial charge in [-0.2, -0.15) is 4.98 Å². The number of anilines is 1. The van der Waals surface area contributed by atoms with Crippen LogP contribution in [0.25, 0.3) is 11.0 Å². The first-order valence-corrected chi connectivity index (χ1v) is 13.5. The number of nitrogens with two attached hydrogens (primary N) is 1. The molecule has 5 rings (SSSR count). The van der Waals surface area contributed by atoms with E-state index >= 15 is 0 Å². The molecule has 3 aliphatic rings. The van der Waals surface area contributed by atoms with Gasteiger partial charge in [0.25, 0.3) is 0 Å². The van der Waals surface area contributed by atoms with E-state index in [0.717, 1.165) is 45.8 Å². The van der Waals surface area contributed by atoms with Crippen LogP contribution in [-0.4, -0.2) is 51.2 Å². The molecule has 2 aliphatic carbocycles. The number of nitrogens with zero attached hydrogens (tertiary/aromatic N) is 5. The average Bonchev–Trinajstić information content (AvgIpc) is 3.40. The van der Waals surface area contributed by atoms with Crippen molar-refractivity contribution in [3.05, 3.63) is 29.0 Å².